The van der Waals surface area contributed by atoms with Crippen LogP contribution in [0.3, 0.4) is 0 Å². The number of rotatable bonds is 5. The molecule has 2 aromatic heterocycles. The van der Waals surface area contributed by atoms with Gasteiger partial charge in [-0.3, -0.25) is 9.59 Å². The maximum atomic E-state index is 13.4. The van der Waals surface area contributed by atoms with E-state index in [-0.39, 0.29) is 49.6 Å². The maximum Gasteiger partial charge on any atom is 0.451 e. The van der Waals surface area contributed by atoms with Crippen LogP contribution >= 0.6 is 0 Å². The minimum absolute atomic E-state index is 0.00379. The van der Waals surface area contributed by atoms with Gasteiger partial charge in [0.05, 0.1) is 12.2 Å². The van der Waals surface area contributed by atoms with Gasteiger partial charge < -0.3 is 18.9 Å². The Morgan fingerprint density at radius 3 is 2.36 bits per heavy atom. The number of nitrogens with zero attached hydrogens (tertiary/aromatic N) is 6. The summed E-state index contributed by atoms with van der Waals surface area (Å²) in [4.78, 5) is 30.2. The van der Waals surface area contributed by atoms with Crippen molar-refractivity contribution >= 4 is 22.8 Å². The average molecular weight is 545 g/mol. The first-order valence-corrected chi connectivity index (χ1v) is 13.6. The van der Waals surface area contributed by atoms with Crippen LogP contribution in [0.2, 0.25) is 0 Å². The second-order valence-electron chi connectivity index (χ2n) is 11.2. The Morgan fingerprint density at radius 1 is 0.949 bits per heavy atom. The van der Waals surface area contributed by atoms with Crippen molar-refractivity contribution in [2.45, 2.75) is 76.6 Å². The van der Waals surface area contributed by atoms with Crippen molar-refractivity contribution in [2.24, 2.45) is 5.41 Å². The number of fused-ring (bicyclic) bond motifs is 2. The third kappa shape index (κ3) is 5.00. The minimum Gasteiger partial charge on any atom is -0.356 e. The first-order valence-electron chi connectivity index (χ1n) is 13.6. The number of alkyl halides is 3. The predicted molar refractivity (Wildman–Crippen MR) is 133 cm³/mol. The van der Waals surface area contributed by atoms with Gasteiger partial charge in [-0.15, -0.1) is 10.2 Å². The van der Waals surface area contributed by atoms with E-state index in [1.165, 1.54) is 0 Å². The lowest BCUT2D eigenvalue weighted by Gasteiger charge is -2.36. The summed E-state index contributed by atoms with van der Waals surface area (Å²) in [5.74, 6) is -0.714. The van der Waals surface area contributed by atoms with Crippen molar-refractivity contribution in [2.75, 3.05) is 19.6 Å². The quantitative estimate of drug-likeness (QED) is 0.468. The lowest BCUT2D eigenvalue weighted by Crippen LogP contribution is -2.43. The van der Waals surface area contributed by atoms with Gasteiger partial charge in [0.2, 0.25) is 17.6 Å². The van der Waals surface area contributed by atoms with Gasteiger partial charge in [-0.25, -0.2) is 0 Å². The van der Waals surface area contributed by atoms with E-state index in [0.717, 1.165) is 59.8 Å². The highest BCUT2D eigenvalue weighted by Crippen LogP contribution is 2.45. The number of aromatic nitrogens is 4. The van der Waals surface area contributed by atoms with E-state index < -0.39 is 17.4 Å². The molecule has 0 atom stereocenters. The number of carbonyl (C=O) groups is 2. The molecular weight excluding hydrogens is 513 g/mol. The standard InChI is InChI=1S/C27H31F3N6O3/c28-27(29,30)25-32-31-21-17-35(13-14-36(21)25)23(38)16-26(9-3-4-10-26)15-22(37)34-11-7-18(8-12-34)24-19-5-1-2-6-20(19)39-33-24/h1-2,5-6,18H,3-4,7-17H2. The van der Waals surface area contributed by atoms with Crippen molar-refractivity contribution in [3.05, 3.63) is 41.6 Å². The Labute approximate surface area is 223 Å². The second-order valence-corrected chi connectivity index (χ2v) is 11.2. The Bertz CT molecular complexity index is 1370. The van der Waals surface area contributed by atoms with Crippen molar-refractivity contribution in [1.82, 2.24) is 29.7 Å². The summed E-state index contributed by atoms with van der Waals surface area (Å²) in [7, 11) is 0. The highest BCUT2D eigenvalue weighted by Gasteiger charge is 2.43. The fraction of sp³-hybridized carbons (Fsp3) is 0.593. The first-order chi connectivity index (χ1) is 18.7. The summed E-state index contributed by atoms with van der Waals surface area (Å²) in [6.07, 6.45) is 1.10. The number of amides is 2. The van der Waals surface area contributed by atoms with Gasteiger partial charge in [0.1, 0.15) is 0 Å². The number of piperidine rings is 1. The number of likely N-dealkylation sites (tertiary alicyclic amines) is 1. The molecule has 0 bridgehead atoms. The second kappa shape index (κ2) is 9.95. The fourth-order valence-corrected chi connectivity index (χ4v) is 6.59. The molecule has 0 spiro atoms. The third-order valence-corrected chi connectivity index (χ3v) is 8.72. The number of para-hydroxylation sites is 1. The monoisotopic (exact) mass is 544 g/mol. The SMILES string of the molecule is O=C(CC1(CC(=O)N2CCn3c(nnc3C(F)(F)F)C2)CCCC1)N1CCC(c2noc3ccccc23)CC1. The molecule has 2 amide bonds. The van der Waals surface area contributed by atoms with E-state index in [1.54, 1.807) is 4.90 Å². The Kier molecular flexibility index (Phi) is 6.58. The molecule has 0 radical (unpaired) electrons. The zero-order valence-corrected chi connectivity index (χ0v) is 21.6. The van der Waals surface area contributed by atoms with Gasteiger partial charge in [-0.2, -0.15) is 13.2 Å². The van der Waals surface area contributed by atoms with Crippen LogP contribution in [0.1, 0.15) is 74.6 Å². The zero-order chi connectivity index (χ0) is 27.2. The molecule has 3 aromatic rings. The molecule has 3 aliphatic rings. The number of hydrogen-bond donors (Lipinski definition) is 0. The van der Waals surface area contributed by atoms with Crippen LogP contribution in [0.4, 0.5) is 13.2 Å². The number of hydrogen-bond acceptors (Lipinski definition) is 6. The van der Waals surface area contributed by atoms with E-state index in [0.29, 0.717) is 19.5 Å². The molecule has 4 heterocycles. The van der Waals surface area contributed by atoms with Crippen molar-refractivity contribution < 1.29 is 27.3 Å². The Morgan fingerprint density at radius 2 is 1.64 bits per heavy atom. The molecule has 0 N–H and O–H groups in total. The van der Waals surface area contributed by atoms with Crippen molar-refractivity contribution in [3.8, 4) is 0 Å². The maximum absolute atomic E-state index is 13.4. The molecule has 12 heteroatoms. The van der Waals surface area contributed by atoms with E-state index in [2.05, 4.69) is 15.4 Å². The fourth-order valence-electron chi connectivity index (χ4n) is 6.59. The summed E-state index contributed by atoms with van der Waals surface area (Å²) < 4.78 is 46.0. The average Bonchev–Trinajstić information content (AvgIpc) is 3.66. The topological polar surface area (TPSA) is 97.4 Å². The van der Waals surface area contributed by atoms with Crippen LogP contribution in [-0.4, -0.2) is 61.2 Å². The highest BCUT2D eigenvalue weighted by molar-refractivity contribution is 5.81. The van der Waals surface area contributed by atoms with Crippen LogP contribution in [0.15, 0.2) is 28.8 Å². The van der Waals surface area contributed by atoms with Gasteiger partial charge in [0.15, 0.2) is 11.4 Å². The highest BCUT2D eigenvalue weighted by atomic mass is 19.4. The van der Waals surface area contributed by atoms with Gasteiger partial charge in [-0.1, -0.05) is 30.1 Å². The van der Waals surface area contributed by atoms with Gasteiger partial charge in [-0.05, 0) is 43.2 Å². The minimum atomic E-state index is -4.58. The summed E-state index contributed by atoms with van der Waals surface area (Å²) >= 11 is 0. The molecular formula is C27H31F3N6O3. The number of carbonyl (C=O) groups excluding carboxylic acids is 2. The van der Waals surface area contributed by atoms with Crippen LogP contribution in [0.25, 0.3) is 11.0 Å². The van der Waals surface area contributed by atoms with Gasteiger partial charge >= 0.3 is 6.18 Å². The molecule has 9 nitrogen and oxygen atoms in total. The van der Waals surface area contributed by atoms with Crippen LogP contribution < -0.4 is 0 Å². The van der Waals surface area contributed by atoms with E-state index >= 15 is 0 Å². The zero-order valence-electron chi connectivity index (χ0n) is 21.6. The van der Waals surface area contributed by atoms with Crippen molar-refractivity contribution in [3.63, 3.8) is 0 Å². The summed E-state index contributed by atoms with van der Waals surface area (Å²) in [5.41, 5.74) is 1.32. The lowest BCUT2D eigenvalue weighted by atomic mass is 9.78. The van der Waals surface area contributed by atoms with E-state index in [4.69, 9.17) is 4.52 Å². The molecule has 1 saturated heterocycles. The lowest BCUT2D eigenvalue weighted by molar-refractivity contribution is -0.148. The van der Waals surface area contributed by atoms with Crippen LogP contribution in [0.5, 0.6) is 0 Å². The molecule has 1 saturated carbocycles. The molecule has 1 aliphatic carbocycles. The van der Waals surface area contributed by atoms with Crippen molar-refractivity contribution in [1.29, 1.82) is 0 Å². The van der Waals surface area contributed by atoms with Gasteiger partial charge in [0.25, 0.3) is 0 Å². The largest absolute Gasteiger partial charge is 0.451 e. The molecule has 2 fully saturated rings. The third-order valence-electron chi connectivity index (χ3n) is 8.72. The van der Waals surface area contributed by atoms with Gasteiger partial charge in [0, 0.05) is 50.3 Å². The number of halogens is 3. The Hall–Kier alpha value is -3.44. The normalized spacial score (nSPS) is 20.0. The summed E-state index contributed by atoms with van der Waals surface area (Å²) in [5, 5.41) is 12.3. The van der Waals surface area contributed by atoms with E-state index in [9.17, 15) is 22.8 Å². The molecule has 6 rings (SSSR count). The Balaban J connectivity index is 1.07. The van der Waals surface area contributed by atoms with E-state index in [1.807, 2.05) is 29.2 Å². The van der Waals surface area contributed by atoms with Crippen LogP contribution in [0, 0.1) is 5.41 Å². The van der Waals surface area contributed by atoms with Crippen LogP contribution in [-0.2, 0) is 28.9 Å². The number of benzene rings is 1. The molecule has 208 valence electrons. The molecule has 39 heavy (non-hydrogen) atoms. The molecule has 2 aliphatic heterocycles. The predicted octanol–water partition coefficient (Wildman–Crippen LogP) is 4.53. The molecule has 0 unspecified atom stereocenters. The first kappa shape index (κ1) is 25.8. The summed E-state index contributed by atoms with van der Waals surface area (Å²) in [6, 6.07) is 7.81. The summed E-state index contributed by atoms with van der Waals surface area (Å²) in [6.45, 7) is 1.44. The molecule has 1 aromatic carbocycles. The smallest absolute Gasteiger partial charge is 0.356 e.